The van der Waals surface area contributed by atoms with Gasteiger partial charge in [0, 0.05) is 12.5 Å². The maximum Gasteiger partial charge on any atom is 0.235 e. The Labute approximate surface area is 107 Å². The summed E-state index contributed by atoms with van der Waals surface area (Å²) in [4.78, 5) is 0. The fraction of sp³-hybridized carbons (Fsp3) is 0.500. The van der Waals surface area contributed by atoms with Crippen molar-refractivity contribution in [2.45, 2.75) is 25.5 Å². The fourth-order valence-electron chi connectivity index (χ4n) is 1.51. The van der Waals surface area contributed by atoms with Crippen molar-refractivity contribution in [2.75, 3.05) is 17.9 Å². The number of hydrogen-bond donors (Lipinski definition) is 1. The molecular formula is C12H17NO4S. The molecule has 0 aliphatic carbocycles. The Kier molecular flexibility index (Phi) is 3.65. The van der Waals surface area contributed by atoms with Crippen LogP contribution < -0.4 is 14.2 Å². The molecule has 0 atom stereocenters. The van der Waals surface area contributed by atoms with Crippen LogP contribution in [-0.2, 0) is 10.0 Å². The predicted octanol–water partition coefficient (Wildman–Crippen LogP) is 2.00. The molecule has 1 aliphatic rings. The van der Waals surface area contributed by atoms with Crippen molar-refractivity contribution in [3.05, 3.63) is 18.2 Å². The molecule has 0 saturated heterocycles. The van der Waals surface area contributed by atoms with Crippen molar-refractivity contribution in [1.82, 2.24) is 0 Å². The smallest absolute Gasteiger partial charge is 0.235 e. The number of rotatable bonds is 3. The molecular weight excluding hydrogens is 254 g/mol. The minimum Gasteiger partial charge on any atom is -0.490 e. The highest BCUT2D eigenvalue weighted by molar-refractivity contribution is 7.93. The summed E-state index contributed by atoms with van der Waals surface area (Å²) < 4.78 is 37.0. The molecule has 1 aliphatic heterocycles. The van der Waals surface area contributed by atoms with Gasteiger partial charge in [-0.15, -0.1) is 0 Å². The molecule has 0 saturated carbocycles. The Hall–Kier alpha value is -1.43. The predicted molar refractivity (Wildman–Crippen MR) is 69.7 cm³/mol. The zero-order valence-corrected chi connectivity index (χ0v) is 11.3. The highest BCUT2D eigenvalue weighted by Crippen LogP contribution is 2.32. The molecule has 1 heterocycles. The molecule has 2 rings (SSSR count). The minimum absolute atomic E-state index is 0.478. The summed E-state index contributed by atoms with van der Waals surface area (Å²) in [7, 11) is -3.33. The van der Waals surface area contributed by atoms with Gasteiger partial charge >= 0.3 is 0 Å². The van der Waals surface area contributed by atoms with Crippen molar-refractivity contribution in [3.63, 3.8) is 0 Å². The topological polar surface area (TPSA) is 64.6 Å². The molecule has 6 heteroatoms. The zero-order valence-electron chi connectivity index (χ0n) is 10.5. The largest absolute Gasteiger partial charge is 0.490 e. The van der Waals surface area contributed by atoms with Gasteiger partial charge in [0.1, 0.15) is 0 Å². The molecule has 1 N–H and O–H groups in total. The summed E-state index contributed by atoms with van der Waals surface area (Å²) in [6.45, 7) is 4.45. The lowest BCUT2D eigenvalue weighted by molar-refractivity contribution is 0.297. The van der Waals surface area contributed by atoms with E-state index >= 15 is 0 Å². The lowest BCUT2D eigenvalue weighted by Gasteiger charge is -2.13. The molecule has 1 aromatic carbocycles. The first-order valence-electron chi connectivity index (χ1n) is 5.90. The zero-order chi connectivity index (χ0) is 13.2. The molecule has 100 valence electrons. The number of nitrogens with one attached hydrogen (secondary N) is 1. The third-order valence-corrected chi connectivity index (χ3v) is 4.39. The van der Waals surface area contributed by atoms with E-state index in [-0.39, 0.29) is 0 Å². The summed E-state index contributed by atoms with van der Waals surface area (Å²) >= 11 is 0. The van der Waals surface area contributed by atoms with Gasteiger partial charge in [0.15, 0.2) is 11.5 Å². The molecule has 1 aromatic rings. The first-order chi connectivity index (χ1) is 8.49. The van der Waals surface area contributed by atoms with Crippen LogP contribution in [0, 0.1) is 0 Å². The average molecular weight is 271 g/mol. The Bertz CT molecular complexity index is 525. The monoisotopic (exact) mass is 271 g/mol. The number of fused-ring (bicyclic) bond motifs is 1. The lowest BCUT2D eigenvalue weighted by atomic mass is 10.3. The SMILES string of the molecule is CC(C)S(=O)(=O)Nc1ccc2c(c1)OCCCO2. The maximum absolute atomic E-state index is 11.8. The second-order valence-corrected chi connectivity index (χ2v) is 6.64. The Morgan fingerprint density at radius 2 is 1.83 bits per heavy atom. The average Bonchev–Trinajstić information content (AvgIpc) is 2.52. The molecule has 0 fully saturated rings. The number of hydrogen-bond acceptors (Lipinski definition) is 4. The van der Waals surface area contributed by atoms with E-state index in [2.05, 4.69) is 4.72 Å². The highest BCUT2D eigenvalue weighted by Gasteiger charge is 2.17. The molecule has 0 amide bonds. The van der Waals surface area contributed by atoms with Gasteiger partial charge in [-0.2, -0.15) is 0 Å². The molecule has 0 bridgehead atoms. The summed E-state index contributed by atoms with van der Waals surface area (Å²) in [5.74, 6) is 1.23. The summed E-state index contributed by atoms with van der Waals surface area (Å²) in [6, 6.07) is 5.05. The van der Waals surface area contributed by atoms with Crippen LogP contribution in [0.1, 0.15) is 20.3 Å². The van der Waals surface area contributed by atoms with Crippen molar-refractivity contribution >= 4 is 15.7 Å². The number of benzene rings is 1. The molecule has 18 heavy (non-hydrogen) atoms. The van der Waals surface area contributed by atoms with Gasteiger partial charge in [0.2, 0.25) is 10.0 Å². The van der Waals surface area contributed by atoms with E-state index in [0.717, 1.165) is 6.42 Å². The van der Waals surface area contributed by atoms with Gasteiger partial charge in [-0.25, -0.2) is 8.42 Å². The molecule has 0 spiro atoms. The van der Waals surface area contributed by atoms with E-state index < -0.39 is 15.3 Å². The van der Waals surface area contributed by atoms with E-state index in [9.17, 15) is 8.42 Å². The van der Waals surface area contributed by atoms with Crippen LogP contribution in [0.3, 0.4) is 0 Å². The van der Waals surface area contributed by atoms with Crippen LogP contribution in [-0.4, -0.2) is 26.9 Å². The third kappa shape index (κ3) is 2.87. The number of sulfonamides is 1. The van der Waals surface area contributed by atoms with Crippen LogP contribution in [0.4, 0.5) is 5.69 Å². The van der Waals surface area contributed by atoms with Gasteiger partial charge in [-0.05, 0) is 26.0 Å². The molecule has 5 nitrogen and oxygen atoms in total. The standard InChI is InChI=1S/C12H17NO4S/c1-9(2)18(14,15)13-10-4-5-11-12(8-10)17-7-3-6-16-11/h4-5,8-9,13H,3,6-7H2,1-2H3. The van der Waals surface area contributed by atoms with Gasteiger partial charge in [-0.3, -0.25) is 4.72 Å². The first kappa shape index (κ1) is 13.0. The van der Waals surface area contributed by atoms with Gasteiger partial charge in [-0.1, -0.05) is 0 Å². The summed E-state index contributed by atoms with van der Waals surface area (Å²) in [5, 5.41) is -0.478. The van der Waals surface area contributed by atoms with E-state index in [1.54, 1.807) is 32.0 Å². The Morgan fingerprint density at radius 3 is 2.50 bits per heavy atom. The van der Waals surface area contributed by atoms with Gasteiger partial charge in [0.25, 0.3) is 0 Å². The van der Waals surface area contributed by atoms with Gasteiger partial charge < -0.3 is 9.47 Å². The summed E-state index contributed by atoms with van der Waals surface area (Å²) in [6.07, 6.45) is 0.821. The van der Waals surface area contributed by atoms with Crippen molar-refractivity contribution in [3.8, 4) is 11.5 Å². The third-order valence-electron chi connectivity index (χ3n) is 2.63. The Balaban J connectivity index is 2.24. The second-order valence-electron chi connectivity index (χ2n) is 4.41. The van der Waals surface area contributed by atoms with Crippen LogP contribution in [0.5, 0.6) is 11.5 Å². The fourth-order valence-corrected chi connectivity index (χ4v) is 2.20. The van der Waals surface area contributed by atoms with Crippen molar-refractivity contribution in [1.29, 1.82) is 0 Å². The normalized spacial score (nSPS) is 15.3. The Morgan fingerprint density at radius 1 is 1.17 bits per heavy atom. The summed E-state index contributed by atoms with van der Waals surface area (Å²) in [5.41, 5.74) is 0.493. The van der Waals surface area contributed by atoms with E-state index in [1.807, 2.05) is 0 Å². The second kappa shape index (κ2) is 5.06. The van der Waals surface area contributed by atoms with E-state index in [4.69, 9.17) is 9.47 Å². The van der Waals surface area contributed by atoms with Crippen LogP contribution in [0.2, 0.25) is 0 Å². The quantitative estimate of drug-likeness (QED) is 0.913. The molecule has 0 aromatic heterocycles. The van der Waals surface area contributed by atoms with Crippen molar-refractivity contribution < 1.29 is 17.9 Å². The van der Waals surface area contributed by atoms with Crippen LogP contribution in [0.15, 0.2) is 18.2 Å². The van der Waals surface area contributed by atoms with Crippen molar-refractivity contribution in [2.24, 2.45) is 0 Å². The molecule has 0 radical (unpaired) electrons. The minimum atomic E-state index is -3.33. The van der Waals surface area contributed by atoms with E-state index in [0.29, 0.717) is 30.4 Å². The van der Waals surface area contributed by atoms with E-state index in [1.165, 1.54) is 0 Å². The van der Waals surface area contributed by atoms with Gasteiger partial charge in [0.05, 0.1) is 24.2 Å². The first-order valence-corrected chi connectivity index (χ1v) is 7.45. The number of ether oxygens (including phenoxy) is 2. The maximum atomic E-state index is 11.8. The highest BCUT2D eigenvalue weighted by atomic mass is 32.2. The van der Waals surface area contributed by atoms with Crippen LogP contribution >= 0.6 is 0 Å². The van der Waals surface area contributed by atoms with Crippen LogP contribution in [0.25, 0.3) is 0 Å². The lowest BCUT2D eigenvalue weighted by Crippen LogP contribution is -2.22. The molecule has 0 unspecified atom stereocenters. The number of anilines is 1.